The van der Waals surface area contributed by atoms with E-state index in [1.807, 2.05) is 0 Å². The second-order valence-corrected chi connectivity index (χ2v) is 7.09. The molecule has 0 aromatic heterocycles. The summed E-state index contributed by atoms with van der Waals surface area (Å²) in [5.74, 6) is -1.60. The van der Waals surface area contributed by atoms with Gasteiger partial charge in [0.1, 0.15) is 17.2 Å². The van der Waals surface area contributed by atoms with Gasteiger partial charge >= 0.3 is 18.0 Å². The first-order chi connectivity index (χ1) is 10.3. The van der Waals surface area contributed by atoms with Crippen molar-refractivity contribution in [1.82, 2.24) is 10.6 Å². The van der Waals surface area contributed by atoms with Crippen LogP contribution in [0.1, 0.15) is 48.0 Å². The number of nitrogens with one attached hydrogen (secondary N) is 2. The van der Waals surface area contributed by atoms with E-state index in [0.717, 1.165) is 0 Å². The van der Waals surface area contributed by atoms with Crippen LogP contribution < -0.4 is 10.6 Å². The number of carboxylic acid groups (broad SMARTS) is 1. The minimum Gasteiger partial charge on any atom is -0.480 e. The summed E-state index contributed by atoms with van der Waals surface area (Å²) in [7, 11) is 0. The fourth-order valence-electron chi connectivity index (χ4n) is 1.52. The van der Waals surface area contributed by atoms with Gasteiger partial charge in [0.15, 0.2) is 0 Å². The molecule has 1 amide bonds. The number of hydrogen-bond acceptors (Lipinski definition) is 6. The number of esters is 1. The van der Waals surface area contributed by atoms with Gasteiger partial charge in [-0.3, -0.25) is 4.79 Å². The van der Waals surface area contributed by atoms with Crippen LogP contribution in [0, 0.1) is 0 Å². The third-order valence-corrected chi connectivity index (χ3v) is 2.29. The van der Waals surface area contributed by atoms with E-state index in [4.69, 9.17) is 14.6 Å². The highest BCUT2D eigenvalue weighted by atomic mass is 16.6. The van der Waals surface area contributed by atoms with Crippen LogP contribution in [0.15, 0.2) is 0 Å². The number of alkyl carbamates (subject to hydrolysis) is 1. The molecule has 3 N–H and O–H groups in total. The van der Waals surface area contributed by atoms with Gasteiger partial charge in [-0.2, -0.15) is 0 Å². The van der Waals surface area contributed by atoms with Gasteiger partial charge in [-0.25, -0.2) is 9.59 Å². The molecular formula is C15H28N2O6. The Morgan fingerprint density at radius 3 is 1.96 bits per heavy atom. The Morgan fingerprint density at radius 1 is 1.00 bits per heavy atom. The molecule has 0 aromatic carbocycles. The van der Waals surface area contributed by atoms with E-state index in [9.17, 15) is 14.4 Å². The minimum atomic E-state index is -1.17. The molecule has 0 saturated heterocycles. The maximum Gasteiger partial charge on any atom is 0.408 e. The summed E-state index contributed by atoms with van der Waals surface area (Å²) in [6, 6.07) is -1.10. The summed E-state index contributed by atoms with van der Waals surface area (Å²) in [5, 5.41) is 14.2. The number of hydrogen-bond donors (Lipinski definition) is 3. The van der Waals surface area contributed by atoms with Gasteiger partial charge in [-0.15, -0.1) is 0 Å². The maximum atomic E-state index is 11.6. The van der Waals surface area contributed by atoms with Crippen molar-refractivity contribution in [2.45, 2.75) is 65.2 Å². The lowest BCUT2D eigenvalue weighted by Crippen LogP contribution is -2.45. The average Bonchev–Trinajstić information content (AvgIpc) is 2.27. The topological polar surface area (TPSA) is 114 Å². The van der Waals surface area contributed by atoms with E-state index >= 15 is 0 Å². The highest BCUT2D eigenvalue weighted by Crippen LogP contribution is 2.07. The van der Waals surface area contributed by atoms with Crippen LogP contribution in [0.3, 0.4) is 0 Å². The number of carboxylic acids is 1. The van der Waals surface area contributed by atoms with E-state index in [2.05, 4.69) is 10.6 Å². The summed E-state index contributed by atoms with van der Waals surface area (Å²) >= 11 is 0. The zero-order chi connectivity index (χ0) is 18.3. The molecular weight excluding hydrogens is 304 g/mol. The zero-order valence-electron chi connectivity index (χ0n) is 14.7. The zero-order valence-corrected chi connectivity index (χ0v) is 14.7. The Labute approximate surface area is 136 Å². The molecule has 0 aliphatic heterocycles. The molecule has 0 saturated carbocycles. The van der Waals surface area contributed by atoms with Crippen molar-refractivity contribution in [3.63, 3.8) is 0 Å². The van der Waals surface area contributed by atoms with Gasteiger partial charge in [0.25, 0.3) is 0 Å². The van der Waals surface area contributed by atoms with Gasteiger partial charge in [0.2, 0.25) is 0 Å². The molecule has 0 unspecified atom stereocenters. The van der Waals surface area contributed by atoms with E-state index in [0.29, 0.717) is 0 Å². The number of carbonyl (C=O) groups excluding carboxylic acids is 2. The summed E-state index contributed by atoms with van der Waals surface area (Å²) in [4.78, 5) is 34.2. The molecule has 8 nitrogen and oxygen atoms in total. The van der Waals surface area contributed by atoms with Crippen LogP contribution in [-0.2, 0) is 19.1 Å². The summed E-state index contributed by atoms with van der Waals surface area (Å²) < 4.78 is 10.1. The Morgan fingerprint density at radius 2 is 1.52 bits per heavy atom. The number of amides is 1. The molecule has 0 heterocycles. The predicted molar refractivity (Wildman–Crippen MR) is 84.1 cm³/mol. The van der Waals surface area contributed by atoms with Crippen LogP contribution in [0.2, 0.25) is 0 Å². The van der Waals surface area contributed by atoms with E-state index < -0.39 is 35.3 Å². The molecule has 1 atom stereocenters. The van der Waals surface area contributed by atoms with Crippen LogP contribution >= 0.6 is 0 Å². The highest BCUT2D eigenvalue weighted by molar-refractivity contribution is 5.80. The Hall–Kier alpha value is -1.83. The largest absolute Gasteiger partial charge is 0.480 e. The quantitative estimate of drug-likeness (QED) is 0.475. The maximum absolute atomic E-state index is 11.6. The van der Waals surface area contributed by atoms with Crippen molar-refractivity contribution < 1.29 is 29.0 Å². The second-order valence-electron chi connectivity index (χ2n) is 7.09. The fraction of sp³-hybridized carbons (Fsp3) is 0.800. The Kier molecular flexibility index (Phi) is 8.02. The lowest BCUT2D eigenvalue weighted by Gasteiger charge is -2.22. The van der Waals surface area contributed by atoms with Crippen molar-refractivity contribution in [3.8, 4) is 0 Å². The normalized spacial score (nSPS) is 13.1. The third-order valence-electron chi connectivity index (χ3n) is 2.29. The summed E-state index contributed by atoms with van der Waals surface area (Å²) in [6.07, 6.45) is -0.686. The van der Waals surface area contributed by atoms with Gasteiger partial charge < -0.3 is 25.2 Å². The van der Waals surface area contributed by atoms with Crippen LogP contribution in [0.4, 0.5) is 4.79 Å². The Balaban J connectivity index is 4.19. The molecule has 0 aliphatic rings. The van der Waals surface area contributed by atoms with E-state index in [1.165, 1.54) is 0 Å². The van der Waals surface area contributed by atoms with Crippen LogP contribution in [0.25, 0.3) is 0 Å². The van der Waals surface area contributed by atoms with Crippen molar-refractivity contribution >= 4 is 18.0 Å². The van der Waals surface area contributed by atoms with Crippen molar-refractivity contribution in [1.29, 1.82) is 0 Å². The SMILES string of the molecule is CC(C)(C)OC(=O)CNCC[C@H](NC(=O)OC(C)(C)C)C(=O)O. The third kappa shape index (κ3) is 12.4. The number of ether oxygens (including phenoxy) is 2. The van der Waals surface area contributed by atoms with Crippen molar-refractivity contribution in [2.24, 2.45) is 0 Å². The molecule has 8 heteroatoms. The number of aliphatic carboxylic acids is 1. The molecule has 0 bridgehead atoms. The first-order valence-electron chi connectivity index (χ1n) is 7.45. The molecule has 0 aliphatic carbocycles. The monoisotopic (exact) mass is 332 g/mol. The minimum absolute atomic E-state index is 0.0317. The first-order valence-corrected chi connectivity index (χ1v) is 7.45. The first kappa shape index (κ1) is 21.2. The van der Waals surface area contributed by atoms with E-state index in [1.54, 1.807) is 41.5 Å². The van der Waals surface area contributed by atoms with Crippen LogP contribution in [0.5, 0.6) is 0 Å². The van der Waals surface area contributed by atoms with E-state index in [-0.39, 0.29) is 19.5 Å². The van der Waals surface area contributed by atoms with Crippen LogP contribution in [-0.4, -0.2) is 53.5 Å². The molecule has 0 spiro atoms. The molecule has 23 heavy (non-hydrogen) atoms. The standard InChI is InChI=1S/C15H28N2O6/c1-14(2,3)22-11(18)9-16-8-7-10(12(19)20)17-13(21)23-15(4,5)6/h10,16H,7-9H2,1-6H3,(H,17,21)(H,19,20)/t10-/m0/s1. The second kappa shape index (κ2) is 8.71. The number of rotatable bonds is 7. The van der Waals surface area contributed by atoms with Gasteiger partial charge in [0.05, 0.1) is 6.54 Å². The van der Waals surface area contributed by atoms with Crippen molar-refractivity contribution in [2.75, 3.05) is 13.1 Å². The fourth-order valence-corrected chi connectivity index (χ4v) is 1.52. The molecule has 134 valence electrons. The lowest BCUT2D eigenvalue weighted by atomic mass is 10.2. The molecule has 0 fully saturated rings. The van der Waals surface area contributed by atoms with Gasteiger partial charge in [-0.1, -0.05) is 0 Å². The predicted octanol–water partition coefficient (Wildman–Crippen LogP) is 1.29. The molecule has 0 radical (unpaired) electrons. The average molecular weight is 332 g/mol. The highest BCUT2D eigenvalue weighted by Gasteiger charge is 2.23. The number of carbonyl (C=O) groups is 3. The van der Waals surface area contributed by atoms with Gasteiger partial charge in [-0.05, 0) is 54.5 Å². The molecule has 0 aromatic rings. The Bertz CT molecular complexity index is 423. The lowest BCUT2D eigenvalue weighted by molar-refractivity contribution is -0.153. The van der Waals surface area contributed by atoms with Crippen molar-refractivity contribution in [3.05, 3.63) is 0 Å². The van der Waals surface area contributed by atoms with Gasteiger partial charge in [0, 0.05) is 0 Å². The molecule has 0 rings (SSSR count). The summed E-state index contributed by atoms with van der Waals surface area (Å²) in [5.41, 5.74) is -1.28. The smallest absolute Gasteiger partial charge is 0.408 e. The summed E-state index contributed by atoms with van der Waals surface area (Å²) in [6.45, 7) is 10.5.